The van der Waals surface area contributed by atoms with Crippen molar-refractivity contribution in [2.75, 3.05) is 13.2 Å². The van der Waals surface area contributed by atoms with Crippen molar-refractivity contribution in [3.63, 3.8) is 0 Å². The van der Waals surface area contributed by atoms with Crippen LogP contribution in [-0.2, 0) is 19.4 Å². The maximum atomic E-state index is 9.10. The third-order valence-corrected chi connectivity index (χ3v) is 3.61. The van der Waals surface area contributed by atoms with Crippen LogP contribution in [0, 0.1) is 5.92 Å². The Balaban J connectivity index is 2.96. The highest BCUT2D eigenvalue weighted by molar-refractivity contribution is 9.10. The van der Waals surface area contributed by atoms with Crippen LogP contribution in [0.1, 0.15) is 25.2 Å². The third-order valence-electron chi connectivity index (χ3n) is 2.69. The zero-order chi connectivity index (χ0) is 12.1. The number of aliphatic hydroxyl groups excluding tert-OH is 2. The van der Waals surface area contributed by atoms with Crippen molar-refractivity contribution in [3.8, 4) is 0 Å². The summed E-state index contributed by atoms with van der Waals surface area (Å²) in [5.74, 6) is -0.108. The molecule has 0 saturated heterocycles. The van der Waals surface area contributed by atoms with Crippen LogP contribution in [0.3, 0.4) is 0 Å². The molecule has 1 aromatic rings. The van der Waals surface area contributed by atoms with Gasteiger partial charge >= 0.3 is 0 Å². The van der Waals surface area contributed by atoms with E-state index in [1.807, 2.05) is 11.6 Å². The molecule has 0 fully saturated rings. The lowest BCUT2D eigenvalue weighted by Crippen LogP contribution is -2.17. The molecule has 0 bridgehead atoms. The van der Waals surface area contributed by atoms with Gasteiger partial charge in [0.15, 0.2) is 0 Å². The molecule has 4 nitrogen and oxygen atoms in total. The summed E-state index contributed by atoms with van der Waals surface area (Å²) in [6.07, 6.45) is 1.53. The number of nitrogens with zero attached hydrogens (tertiary/aromatic N) is 2. The number of aromatic nitrogens is 2. The number of halogens is 1. The van der Waals surface area contributed by atoms with Crippen molar-refractivity contribution in [1.29, 1.82) is 0 Å². The molecule has 1 rings (SSSR count). The van der Waals surface area contributed by atoms with Crippen LogP contribution in [-0.4, -0.2) is 33.2 Å². The molecule has 0 atom stereocenters. The van der Waals surface area contributed by atoms with E-state index in [-0.39, 0.29) is 19.1 Å². The minimum atomic E-state index is -0.108. The van der Waals surface area contributed by atoms with Crippen molar-refractivity contribution in [2.24, 2.45) is 5.92 Å². The van der Waals surface area contributed by atoms with Crippen molar-refractivity contribution in [1.82, 2.24) is 9.78 Å². The Morgan fingerprint density at radius 1 is 1.31 bits per heavy atom. The molecule has 92 valence electrons. The first-order valence-corrected chi connectivity index (χ1v) is 6.42. The molecule has 0 spiro atoms. The van der Waals surface area contributed by atoms with Crippen molar-refractivity contribution in [2.45, 2.75) is 33.2 Å². The Kier molecular flexibility index (Phi) is 5.44. The normalized spacial score (nSPS) is 11.4. The number of rotatable bonds is 6. The molecule has 1 heterocycles. The highest BCUT2D eigenvalue weighted by Gasteiger charge is 2.17. The van der Waals surface area contributed by atoms with Crippen molar-refractivity contribution < 1.29 is 10.2 Å². The summed E-state index contributed by atoms with van der Waals surface area (Å²) >= 11 is 3.54. The highest BCUT2D eigenvalue weighted by Crippen LogP contribution is 2.24. The maximum absolute atomic E-state index is 9.10. The first kappa shape index (κ1) is 13.7. The Labute approximate surface area is 104 Å². The zero-order valence-electron chi connectivity index (χ0n) is 9.78. The van der Waals surface area contributed by atoms with Gasteiger partial charge in [-0.15, -0.1) is 0 Å². The van der Waals surface area contributed by atoms with E-state index in [1.54, 1.807) is 0 Å². The first-order valence-electron chi connectivity index (χ1n) is 5.63. The Morgan fingerprint density at radius 2 is 1.94 bits per heavy atom. The van der Waals surface area contributed by atoms with Gasteiger partial charge in [-0.1, -0.05) is 6.92 Å². The zero-order valence-corrected chi connectivity index (χ0v) is 11.4. The molecule has 16 heavy (non-hydrogen) atoms. The SMILES string of the molecule is CCc1nn(CC)c(CC(CO)CO)c1Br. The molecule has 0 aromatic carbocycles. The van der Waals surface area contributed by atoms with Gasteiger partial charge in [0.05, 0.1) is 15.9 Å². The summed E-state index contributed by atoms with van der Waals surface area (Å²) in [6, 6.07) is 0. The molecular weight excluding hydrogens is 272 g/mol. The van der Waals surface area contributed by atoms with E-state index in [2.05, 4.69) is 28.0 Å². The van der Waals surface area contributed by atoms with Crippen LogP contribution in [0.2, 0.25) is 0 Å². The van der Waals surface area contributed by atoms with Crippen LogP contribution in [0.5, 0.6) is 0 Å². The Morgan fingerprint density at radius 3 is 2.38 bits per heavy atom. The second kappa shape index (κ2) is 6.37. The molecule has 5 heteroatoms. The van der Waals surface area contributed by atoms with Gasteiger partial charge in [0.1, 0.15) is 0 Å². The molecule has 0 saturated carbocycles. The summed E-state index contributed by atoms with van der Waals surface area (Å²) in [4.78, 5) is 0. The molecule has 0 unspecified atom stereocenters. The molecular formula is C11H19BrN2O2. The first-order chi connectivity index (χ1) is 7.67. The number of hydrogen-bond donors (Lipinski definition) is 2. The summed E-state index contributed by atoms with van der Waals surface area (Å²) < 4.78 is 2.95. The van der Waals surface area contributed by atoms with Gasteiger partial charge in [0.2, 0.25) is 0 Å². The molecule has 0 aliphatic rings. The smallest absolute Gasteiger partial charge is 0.0766 e. The molecule has 0 aliphatic heterocycles. The van der Waals surface area contributed by atoms with Crippen LogP contribution in [0.4, 0.5) is 0 Å². The second-order valence-electron chi connectivity index (χ2n) is 3.81. The van der Waals surface area contributed by atoms with Gasteiger partial charge in [0.25, 0.3) is 0 Å². The topological polar surface area (TPSA) is 58.3 Å². The molecule has 2 N–H and O–H groups in total. The largest absolute Gasteiger partial charge is 0.396 e. The van der Waals surface area contributed by atoms with E-state index in [0.717, 1.165) is 28.8 Å². The monoisotopic (exact) mass is 290 g/mol. The van der Waals surface area contributed by atoms with E-state index in [4.69, 9.17) is 10.2 Å². The Hall–Kier alpha value is -0.390. The molecule has 0 aliphatic carbocycles. The highest BCUT2D eigenvalue weighted by atomic mass is 79.9. The fourth-order valence-electron chi connectivity index (χ4n) is 1.67. The van der Waals surface area contributed by atoms with E-state index in [1.165, 1.54) is 0 Å². The standard InChI is InChI=1S/C11H19BrN2O2/c1-3-9-11(12)10(14(4-2)13-9)5-8(6-15)7-16/h8,15-16H,3-7H2,1-2H3. The van der Waals surface area contributed by atoms with Crippen LogP contribution < -0.4 is 0 Å². The lowest BCUT2D eigenvalue weighted by Gasteiger charge is -2.12. The van der Waals surface area contributed by atoms with Gasteiger partial charge in [-0.05, 0) is 35.7 Å². The summed E-state index contributed by atoms with van der Waals surface area (Å²) in [6.45, 7) is 4.90. The summed E-state index contributed by atoms with van der Waals surface area (Å²) in [5, 5.41) is 22.7. The van der Waals surface area contributed by atoms with E-state index < -0.39 is 0 Å². The quantitative estimate of drug-likeness (QED) is 0.832. The average molecular weight is 291 g/mol. The lowest BCUT2D eigenvalue weighted by molar-refractivity contribution is 0.148. The summed E-state index contributed by atoms with van der Waals surface area (Å²) in [7, 11) is 0. The third kappa shape index (κ3) is 2.84. The van der Waals surface area contributed by atoms with Crippen molar-refractivity contribution in [3.05, 3.63) is 15.9 Å². The van der Waals surface area contributed by atoms with Gasteiger partial charge in [0, 0.05) is 25.7 Å². The summed E-state index contributed by atoms with van der Waals surface area (Å²) in [5.41, 5.74) is 2.10. The van der Waals surface area contributed by atoms with E-state index >= 15 is 0 Å². The lowest BCUT2D eigenvalue weighted by atomic mass is 10.1. The van der Waals surface area contributed by atoms with Gasteiger partial charge < -0.3 is 10.2 Å². The minimum Gasteiger partial charge on any atom is -0.396 e. The predicted octanol–water partition coefficient (Wildman–Crippen LogP) is 1.37. The van der Waals surface area contributed by atoms with Crippen molar-refractivity contribution >= 4 is 15.9 Å². The van der Waals surface area contributed by atoms with Crippen LogP contribution in [0.15, 0.2) is 4.47 Å². The van der Waals surface area contributed by atoms with E-state index in [0.29, 0.717) is 6.42 Å². The number of hydrogen-bond acceptors (Lipinski definition) is 3. The Bertz CT molecular complexity index is 335. The van der Waals surface area contributed by atoms with Crippen LogP contribution in [0.25, 0.3) is 0 Å². The molecule has 1 aromatic heterocycles. The van der Waals surface area contributed by atoms with Gasteiger partial charge in [-0.2, -0.15) is 5.10 Å². The minimum absolute atomic E-state index is 0.000702. The second-order valence-corrected chi connectivity index (χ2v) is 4.60. The molecule has 0 radical (unpaired) electrons. The fourth-order valence-corrected chi connectivity index (χ4v) is 2.40. The number of aliphatic hydroxyl groups is 2. The molecule has 0 amide bonds. The van der Waals surface area contributed by atoms with Crippen LogP contribution >= 0.6 is 15.9 Å². The fraction of sp³-hybridized carbons (Fsp3) is 0.727. The van der Waals surface area contributed by atoms with Gasteiger partial charge in [-0.25, -0.2) is 0 Å². The van der Waals surface area contributed by atoms with Gasteiger partial charge in [-0.3, -0.25) is 4.68 Å². The maximum Gasteiger partial charge on any atom is 0.0766 e. The number of aryl methyl sites for hydroxylation is 2. The average Bonchev–Trinajstić information content (AvgIpc) is 2.62. The predicted molar refractivity (Wildman–Crippen MR) is 66.3 cm³/mol. The van der Waals surface area contributed by atoms with E-state index in [9.17, 15) is 0 Å².